The van der Waals surface area contributed by atoms with Crippen molar-refractivity contribution in [3.63, 3.8) is 0 Å². The fraction of sp³-hybridized carbons (Fsp3) is 0.533. The van der Waals surface area contributed by atoms with Crippen molar-refractivity contribution in [3.8, 4) is 0 Å². The lowest BCUT2D eigenvalue weighted by molar-refractivity contribution is 0.0437. The quantitative estimate of drug-likeness (QED) is 0.182. The van der Waals surface area contributed by atoms with E-state index in [1.807, 2.05) is 24.8 Å². The van der Waals surface area contributed by atoms with Crippen LogP contribution < -0.4 is 10.6 Å². The molecule has 0 amide bonds. The fourth-order valence-corrected chi connectivity index (χ4v) is 2.23. The molecular weight excluding hydrogens is 413 g/mol. The molecule has 0 aromatic carbocycles. The Bertz CT molecular complexity index is 436. The van der Waals surface area contributed by atoms with Crippen LogP contribution in [0.5, 0.6) is 0 Å². The number of hydrogen-bond acceptors (Lipinski definition) is 4. The van der Waals surface area contributed by atoms with Gasteiger partial charge in [0.2, 0.25) is 0 Å². The fourth-order valence-electron chi connectivity index (χ4n) is 1.65. The maximum atomic E-state index is 10.4. The Kier molecular flexibility index (Phi) is 11.5. The largest absolute Gasteiger partial charge is 0.466 e. The lowest BCUT2D eigenvalue weighted by Gasteiger charge is -2.19. The molecule has 1 rings (SSSR count). The molecule has 0 aliphatic heterocycles. The summed E-state index contributed by atoms with van der Waals surface area (Å²) in [7, 11) is 0. The van der Waals surface area contributed by atoms with Crippen LogP contribution in [0.3, 0.4) is 0 Å². The van der Waals surface area contributed by atoms with Gasteiger partial charge in [-0.2, -0.15) is 11.8 Å². The number of nitrogens with zero attached hydrogens (tertiary/aromatic N) is 1. The van der Waals surface area contributed by atoms with E-state index in [0.717, 1.165) is 24.6 Å². The second-order valence-corrected chi connectivity index (χ2v) is 5.89. The summed E-state index contributed by atoms with van der Waals surface area (Å²) in [5.41, 5.74) is -1.11. The van der Waals surface area contributed by atoms with E-state index < -0.39 is 5.60 Å². The molecule has 0 saturated carbocycles. The minimum atomic E-state index is -1.11. The summed E-state index contributed by atoms with van der Waals surface area (Å²) in [5.74, 6) is 3.14. The van der Waals surface area contributed by atoms with Crippen molar-refractivity contribution in [2.75, 3.05) is 31.1 Å². The van der Waals surface area contributed by atoms with Crippen LogP contribution in [0.2, 0.25) is 0 Å². The highest BCUT2D eigenvalue weighted by Crippen LogP contribution is 2.20. The molecule has 0 saturated heterocycles. The first-order valence-electron chi connectivity index (χ1n) is 7.07. The summed E-state index contributed by atoms with van der Waals surface area (Å²) >= 11 is 1.81. The zero-order valence-electron chi connectivity index (χ0n) is 13.2. The zero-order valence-corrected chi connectivity index (χ0v) is 16.3. The maximum absolute atomic E-state index is 10.4. The third-order valence-electron chi connectivity index (χ3n) is 2.72. The van der Waals surface area contributed by atoms with Crippen LogP contribution in [-0.4, -0.2) is 42.2 Å². The number of hydrogen-bond donors (Lipinski definition) is 3. The molecule has 0 bridgehead atoms. The van der Waals surface area contributed by atoms with Gasteiger partial charge >= 0.3 is 0 Å². The molecule has 5 nitrogen and oxygen atoms in total. The van der Waals surface area contributed by atoms with Crippen LogP contribution in [0.4, 0.5) is 0 Å². The van der Waals surface area contributed by atoms with Gasteiger partial charge in [0.25, 0.3) is 0 Å². The number of nitrogens with one attached hydrogen (secondary N) is 2. The highest BCUT2D eigenvalue weighted by molar-refractivity contribution is 14.0. The molecule has 22 heavy (non-hydrogen) atoms. The van der Waals surface area contributed by atoms with E-state index in [1.165, 1.54) is 0 Å². The Labute approximate surface area is 154 Å². The Morgan fingerprint density at radius 3 is 2.91 bits per heavy atom. The summed E-state index contributed by atoms with van der Waals surface area (Å²) in [6.07, 6.45) is 3.44. The second-order valence-electron chi connectivity index (χ2n) is 4.74. The molecule has 3 N–H and O–H groups in total. The molecule has 1 aromatic rings. The van der Waals surface area contributed by atoms with Crippen LogP contribution in [0.25, 0.3) is 0 Å². The summed E-state index contributed by atoms with van der Waals surface area (Å²) < 4.78 is 5.24. The third-order valence-corrected chi connectivity index (χ3v) is 3.68. The summed E-state index contributed by atoms with van der Waals surface area (Å²) in [4.78, 5) is 4.41. The van der Waals surface area contributed by atoms with Crippen LogP contribution >= 0.6 is 35.7 Å². The minimum Gasteiger partial charge on any atom is -0.466 e. The van der Waals surface area contributed by atoms with Gasteiger partial charge in [-0.05, 0) is 26.0 Å². The van der Waals surface area contributed by atoms with Crippen molar-refractivity contribution in [2.24, 2.45) is 4.99 Å². The van der Waals surface area contributed by atoms with Gasteiger partial charge in [-0.15, -0.1) is 30.6 Å². The van der Waals surface area contributed by atoms with Crippen molar-refractivity contribution < 1.29 is 9.52 Å². The van der Waals surface area contributed by atoms with Gasteiger partial charge in [-0.25, -0.2) is 4.99 Å². The van der Waals surface area contributed by atoms with Gasteiger partial charge in [0.05, 0.1) is 12.8 Å². The Morgan fingerprint density at radius 1 is 1.55 bits per heavy atom. The van der Waals surface area contributed by atoms with Crippen molar-refractivity contribution >= 4 is 41.7 Å². The predicted molar refractivity (Wildman–Crippen MR) is 105 cm³/mol. The van der Waals surface area contributed by atoms with Crippen LogP contribution in [0.15, 0.2) is 40.5 Å². The van der Waals surface area contributed by atoms with E-state index in [1.54, 1.807) is 25.3 Å². The molecule has 7 heteroatoms. The number of rotatable bonds is 9. The van der Waals surface area contributed by atoms with E-state index in [4.69, 9.17) is 4.42 Å². The summed E-state index contributed by atoms with van der Waals surface area (Å²) in [5, 5.41) is 16.8. The number of aliphatic imine (C=N–C) groups is 1. The third kappa shape index (κ3) is 8.09. The topological polar surface area (TPSA) is 69.8 Å². The van der Waals surface area contributed by atoms with Crippen molar-refractivity contribution in [3.05, 3.63) is 36.8 Å². The van der Waals surface area contributed by atoms with E-state index in [-0.39, 0.29) is 30.5 Å². The van der Waals surface area contributed by atoms with Gasteiger partial charge in [0, 0.05) is 24.6 Å². The van der Waals surface area contributed by atoms with Gasteiger partial charge in [0.1, 0.15) is 11.4 Å². The molecule has 1 heterocycles. The van der Waals surface area contributed by atoms with Crippen LogP contribution in [0.1, 0.15) is 19.6 Å². The van der Waals surface area contributed by atoms with Gasteiger partial charge in [-0.1, -0.05) is 6.08 Å². The predicted octanol–water partition coefficient (Wildman–Crippen LogP) is 2.58. The van der Waals surface area contributed by atoms with E-state index in [2.05, 4.69) is 22.2 Å². The summed E-state index contributed by atoms with van der Waals surface area (Å²) in [6.45, 7) is 9.21. The first kappa shape index (κ1) is 21.3. The first-order valence-corrected chi connectivity index (χ1v) is 8.22. The average Bonchev–Trinajstić information content (AvgIpc) is 2.99. The highest BCUT2D eigenvalue weighted by atomic mass is 127. The van der Waals surface area contributed by atoms with Crippen molar-refractivity contribution in [2.45, 2.75) is 19.4 Å². The smallest absolute Gasteiger partial charge is 0.191 e. The number of aliphatic hydroxyl groups is 1. The normalized spacial score (nSPS) is 13.9. The molecule has 1 unspecified atom stereocenters. The van der Waals surface area contributed by atoms with E-state index in [9.17, 15) is 5.11 Å². The molecule has 1 atom stereocenters. The lowest BCUT2D eigenvalue weighted by Crippen LogP contribution is -2.39. The Hall–Kier alpha value is -0.670. The second kappa shape index (κ2) is 11.8. The number of thioether (sulfide) groups is 1. The number of guanidine groups is 1. The molecule has 0 radical (unpaired) electrons. The monoisotopic (exact) mass is 439 g/mol. The number of halogens is 1. The van der Waals surface area contributed by atoms with Gasteiger partial charge in [-0.3, -0.25) is 0 Å². The molecule has 1 aromatic heterocycles. The zero-order chi connectivity index (χ0) is 15.6. The summed E-state index contributed by atoms with van der Waals surface area (Å²) in [6, 6.07) is 3.51. The Morgan fingerprint density at radius 2 is 2.32 bits per heavy atom. The molecule has 126 valence electrons. The average molecular weight is 439 g/mol. The molecule has 0 aliphatic carbocycles. The minimum absolute atomic E-state index is 0. The Balaban J connectivity index is 0.00000441. The molecule has 0 aliphatic rings. The molecular formula is C15H26IN3O2S. The van der Waals surface area contributed by atoms with E-state index >= 15 is 0 Å². The SMILES string of the molecule is C=CCSCCNC(=NCC(C)(O)c1ccco1)NCC.I. The highest BCUT2D eigenvalue weighted by Gasteiger charge is 2.25. The van der Waals surface area contributed by atoms with Gasteiger partial charge < -0.3 is 20.2 Å². The number of furan rings is 1. The van der Waals surface area contributed by atoms with Crippen LogP contribution in [0, 0.1) is 0 Å². The van der Waals surface area contributed by atoms with Gasteiger partial charge in [0.15, 0.2) is 5.96 Å². The molecule has 0 fully saturated rings. The molecule has 0 spiro atoms. The van der Waals surface area contributed by atoms with Crippen LogP contribution in [-0.2, 0) is 5.60 Å². The maximum Gasteiger partial charge on any atom is 0.191 e. The van der Waals surface area contributed by atoms with Crippen molar-refractivity contribution in [1.82, 2.24) is 10.6 Å². The lowest BCUT2D eigenvalue weighted by atomic mass is 10.0. The van der Waals surface area contributed by atoms with Crippen molar-refractivity contribution in [1.29, 1.82) is 0 Å². The van der Waals surface area contributed by atoms with E-state index in [0.29, 0.717) is 11.7 Å². The first-order chi connectivity index (χ1) is 10.1. The standard InChI is InChI=1S/C15H25N3O2S.HI/c1-4-10-21-11-8-17-14(16-5-2)18-12-15(3,19)13-7-6-9-20-13;/h4,6-7,9,19H,1,5,8,10-12H2,2-3H3,(H2,16,17,18);1H.